The highest BCUT2D eigenvalue weighted by molar-refractivity contribution is 6.30. The average molecular weight is 430 g/mol. The first-order valence-corrected chi connectivity index (χ1v) is 10.3. The molecule has 2 aromatic rings. The number of hydrogen-bond acceptors (Lipinski definition) is 5. The van der Waals surface area contributed by atoms with Crippen LogP contribution in [0.3, 0.4) is 0 Å². The number of hydrogen-bond donors (Lipinski definition) is 2. The maximum absolute atomic E-state index is 12.5. The van der Waals surface area contributed by atoms with E-state index in [1.807, 2.05) is 13.8 Å². The van der Waals surface area contributed by atoms with Gasteiger partial charge < -0.3 is 20.1 Å². The number of benzene rings is 1. The van der Waals surface area contributed by atoms with Crippen molar-refractivity contribution in [2.45, 2.75) is 50.3 Å². The number of ether oxygens (including phenoxy) is 2. The summed E-state index contributed by atoms with van der Waals surface area (Å²) < 4.78 is 11.0. The van der Waals surface area contributed by atoms with Gasteiger partial charge >= 0.3 is 0 Å². The minimum atomic E-state index is -0.254. The Kier molecular flexibility index (Phi) is 5.32. The third-order valence-corrected chi connectivity index (χ3v) is 5.59. The van der Waals surface area contributed by atoms with Gasteiger partial charge in [-0.2, -0.15) is 0 Å². The van der Waals surface area contributed by atoms with Gasteiger partial charge in [-0.05, 0) is 69.5 Å². The van der Waals surface area contributed by atoms with Crippen LogP contribution in [0.4, 0.5) is 0 Å². The van der Waals surface area contributed by atoms with E-state index in [4.69, 9.17) is 21.1 Å². The van der Waals surface area contributed by atoms with Crippen molar-refractivity contribution in [3.8, 4) is 11.5 Å². The summed E-state index contributed by atoms with van der Waals surface area (Å²) in [5.41, 5.74) is -0.142. The minimum absolute atomic E-state index is 0.0511. The third-order valence-electron chi connectivity index (χ3n) is 5.34. The van der Waals surface area contributed by atoms with Gasteiger partial charge in [-0.15, -0.1) is 0 Å². The summed E-state index contributed by atoms with van der Waals surface area (Å²) in [6.07, 6.45) is 3.75. The number of carbonyl (C=O) groups excluding carboxylic acids is 2. The van der Waals surface area contributed by atoms with Gasteiger partial charge in [0.2, 0.25) is 0 Å². The summed E-state index contributed by atoms with van der Waals surface area (Å²) in [6.45, 7) is 3.81. The number of aromatic nitrogens is 1. The van der Waals surface area contributed by atoms with Gasteiger partial charge in [-0.1, -0.05) is 11.6 Å². The largest absolute Gasteiger partial charge is 0.489 e. The van der Waals surface area contributed by atoms with Crippen molar-refractivity contribution in [3.63, 3.8) is 0 Å². The van der Waals surface area contributed by atoms with Crippen LogP contribution in [0.5, 0.6) is 11.5 Å². The quantitative estimate of drug-likeness (QED) is 0.673. The number of nitrogens with one attached hydrogen (secondary N) is 2. The molecule has 1 heterocycles. The molecule has 2 amide bonds. The van der Waals surface area contributed by atoms with Gasteiger partial charge in [0.1, 0.15) is 17.2 Å². The lowest BCUT2D eigenvalue weighted by molar-refractivity contribution is -0.141. The summed E-state index contributed by atoms with van der Waals surface area (Å²) in [6, 6.07) is 10.3. The molecule has 3 aliphatic rings. The molecule has 0 atom stereocenters. The van der Waals surface area contributed by atoms with Crippen molar-refractivity contribution in [3.05, 3.63) is 53.3 Å². The first-order chi connectivity index (χ1) is 14.3. The lowest BCUT2D eigenvalue weighted by Crippen LogP contribution is -2.84. The van der Waals surface area contributed by atoms with Crippen molar-refractivity contribution in [2.75, 3.05) is 6.61 Å². The van der Waals surface area contributed by atoms with E-state index in [1.165, 1.54) is 0 Å². The Hall–Kier alpha value is -2.80. The summed E-state index contributed by atoms with van der Waals surface area (Å²) in [5.74, 6) is 0.839. The number of nitrogens with zero attached hydrogens (tertiary/aromatic N) is 1. The van der Waals surface area contributed by atoms with Crippen LogP contribution in [0.25, 0.3) is 0 Å². The first-order valence-electron chi connectivity index (χ1n) is 9.91. The molecule has 0 unspecified atom stereocenters. The molecule has 2 bridgehead atoms. The second kappa shape index (κ2) is 7.80. The normalized spacial score (nSPS) is 23.7. The Balaban J connectivity index is 1.22. The number of halogens is 1. The van der Waals surface area contributed by atoms with Gasteiger partial charge in [-0.3, -0.25) is 9.59 Å². The fourth-order valence-corrected chi connectivity index (χ4v) is 4.35. The molecule has 0 radical (unpaired) electrons. The number of rotatable bonds is 8. The zero-order valence-electron chi connectivity index (χ0n) is 16.9. The van der Waals surface area contributed by atoms with Crippen LogP contribution in [0.1, 0.15) is 43.6 Å². The summed E-state index contributed by atoms with van der Waals surface area (Å²) in [5, 5.41) is 6.70. The fourth-order valence-electron chi connectivity index (χ4n) is 4.23. The van der Waals surface area contributed by atoms with Gasteiger partial charge in [0.25, 0.3) is 11.8 Å². The van der Waals surface area contributed by atoms with Crippen LogP contribution in [-0.4, -0.2) is 40.6 Å². The van der Waals surface area contributed by atoms with Crippen LogP contribution in [0.15, 0.2) is 42.6 Å². The van der Waals surface area contributed by atoms with E-state index < -0.39 is 0 Å². The third kappa shape index (κ3) is 4.36. The van der Waals surface area contributed by atoms with Crippen molar-refractivity contribution < 1.29 is 19.1 Å². The molecular formula is C22H24ClN3O4. The van der Waals surface area contributed by atoms with Gasteiger partial charge in [0.15, 0.2) is 6.61 Å². The molecule has 3 fully saturated rings. The van der Waals surface area contributed by atoms with E-state index in [1.54, 1.807) is 42.6 Å². The first kappa shape index (κ1) is 20.5. The molecule has 7 nitrogen and oxygen atoms in total. The van der Waals surface area contributed by atoms with E-state index in [9.17, 15) is 9.59 Å². The van der Waals surface area contributed by atoms with Gasteiger partial charge in [-0.25, -0.2) is 4.98 Å². The van der Waals surface area contributed by atoms with Crippen molar-refractivity contribution in [1.29, 1.82) is 0 Å². The smallest absolute Gasteiger partial charge is 0.270 e. The average Bonchev–Trinajstić information content (AvgIpc) is 2.65. The molecule has 30 heavy (non-hydrogen) atoms. The van der Waals surface area contributed by atoms with Crippen LogP contribution < -0.4 is 20.1 Å². The van der Waals surface area contributed by atoms with E-state index in [0.717, 1.165) is 0 Å². The predicted molar refractivity (Wildman–Crippen MR) is 112 cm³/mol. The zero-order valence-corrected chi connectivity index (χ0v) is 17.7. The summed E-state index contributed by atoms with van der Waals surface area (Å²) in [7, 11) is 0. The van der Waals surface area contributed by atoms with E-state index in [0.29, 0.717) is 41.5 Å². The second-order valence-corrected chi connectivity index (χ2v) is 8.82. The van der Waals surface area contributed by atoms with Gasteiger partial charge in [0, 0.05) is 16.1 Å². The Morgan fingerprint density at radius 2 is 1.67 bits per heavy atom. The summed E-state index contributed by atoms with van der Waals surface area (Å²) in [4.78, 5) is 28.9. The maximum Gasteiger partial charge on any atom is 0.270 e. The number of amides is 2. The Labute approximate surface area is 180 Å². The molecule has 0 aliphatic heterocycles. The zero-order chi connectivity index (χ0) is 21.4. The standard InChI is InChI=1S/C22H24ClN3O4/c1-14(2)30-17-7-8-18(24-9-17)20(28)26-22-11-21(12-22,13-22)25-19(27)10-29-16-5-3-15(23)4-6-16/h3-9,14H,10-13H2,1-2H3,(H,25,27)(H,26,28). The molecule has 158 valence electrons. The minimum Gasteiger partial charge on any atom is -0.489 e. The Morgan fingerprint density at radius 1 is 1.03 bits per heavy atom. The second-order valence-electron chi connectivity index (χ2n) is 8.38. The van der Waals surface area contributed by atoms with E-state index >= 15 is 0 Å². The van der Waals surface area contributed by atoms with Gasteiger partial charge in [0.05, 0.1) is 12.3 Å². The molecule has 3 saturated carbocycles. The topological polar surface area (TPSA) is 89.6 Å². The molecule has 3 aliphatic carbocycles. The molecule has 2 N–H and O–H groups in total. The SMILES string of the molecule is CC(C)Oc1ccc(C(=O)NC23CC(NC(=O)COc4ccc(Cl)cc4)(C2)C3)nc1. The van der Waals surface area contributed by atoms with Crippen LogP contribution in [0.2, 0.25) is 5.02 Å². The number of pyridine rings is 1. The van der Waals surface area contributed by atoms with Crippen LogP contribution >= 0.6 is 11.6 Å². The Bertz CT molecular complexity index is 924. The van der Waals surface area contributed by atoms with Crippen LogP contribution in [0, 0.1) is 0 Å². The maximum atomic E-state index is 12.5. The predicted octanol–water partition coefficient (Wildman–Crippen LogP) is 3.12. The van der Waals surface area contributed by atoms with Crippen molar-refractivity contribution >= 4 is 23.4 Å². The molecule has 0 spiro atoms. The van der Waals surface area contributed by atoms with Crippen molar-refractivity contribution in [1.82, 2.24) is 15.6 Å². The monoisotopic (exact) mass is 429 g/mol. The molecule has 8 heteroatoms. The molecule has 1 aromatic heterocycles. The lowest BCUT2D eigenvalue weighted by atomic mass is 9.44. The summed E-state index contributed by atoms with van der Waals surface area (Å²) >= 11 is 5.83. The number of carbonyl (C=O) groups is 2. The molecule has 1 aromatic carbocycles. The molecular weight excluding hydrogens is 406 g/mol. The Morgan fingerprint density at radius 3 is 2.27 bits per heavy atom. The van der Waals surface area contributed by atoms with E-state index in [2.05, 4.69) is 15.6 Å². The fraction of sp³-hybridized carbons (Fsp3) is 0.409. The lowest BCUT2D eigenvalue weighted by Gasteiger charge is -2.70. The van der Waals surface area contributed by atoms with E-state index in [-0.39, 0.29) is 35.6 Å². The van der Waals surface area contributed by atoms with Crippen molar-refractivity contribution in [2.24, 2.45) is 0 Å². The molecule has 5 rings (SSSR count). The van der Waals surface area contributed by atoms with Crippen LogP contribution in [-0.2, 0) is 4.79 Å². The highest BCUT2D eigenvalue weighted by atomic mass is 35.5. The highest BCUT2D eigenvalue weighted by Gasteiger charge is 2.69. The molecule has 0 saturated heterocycles. The highest BCUT2D eigenvalue weighted by Crippen LogP contribution is 2.60.